The molecule has 1 atom stereocenters. The molecule has 0 bridgehead atoms. The fourth-order valence-electron chi connectivity index (χ4n) is 3.70. The van der Waals surface area contributed by atoms with Gasteiger partial charge in [-0.3, -0.25) is 0 Å². The van der Waals surface area contributed by atoms with E-state index in [9.17, 15) is 9.18 Å². The maximum absolute atomic E-state index is 13.7. The third-order valence-corrected chi connectivity index (χ3v) is 5.59. The van der Waals surface area contributed by atoms with E-state index in [-0.39, 0.29) is 11.3 Å². The SMILES string of the molecule is C[C@H](Cc1ccc(-c2ccc(C(=O)Oc3ccc(C#N)c(F)c3)cc2)cc1)c1ccccc1. The van der Waals surface area contributed by atoms with Crippen molar-refractivity contribution in [3.8, 4) is 22.9 Å². The minimum Gasteiger partial charge on any atom is -0.423 e. The average molecular weight is 435 g/mol. The number of hydrogen-bond donors (Lipinski definition) is 0. The van der Waals surface area contributed by atoms with Crippen LogP contribution in [0.3, 0.4) is 0 Å². The quantitative estimate of drug-likeness (QED) is 0.244. The summed E-state index contributed by atoms with van der Waals surface area (Å²) in [5.74, 6) is -0.816. The highest BCUT2D eigenvalue weighted by molar-refractivity contribution is 5.91. The minimum absolute atomic E-state index is 0.0564. The van der Waals surface area contributed by atoms with Crippen molar-refractivity contribution in [2.45, 2.75) is 19.3 Å². The summed E-state index contributed by atoms with van der Waals surface area (Å²) in [5.41, 5.74) is 4.90. The van der Waals surface area contributed by atoms with Crippen LogP contribution in [0.1, 0.15) is 39.9 Å². The molecule has 0 saturated carbocycles. The molecular weight excluding hydrogens is 413 g/mol. The number of benzene rings is 4. The van der Waals surface area contributed by atoms with Gasteiger partial charge < -0.3 is 4.74 Å². The number of ether oxygens (including phenoxy) is 1. The van der Waals surface area contributed by atoms with Gasteiger partial charge in [0.05, 0.1) is 11.1 Å². The van der Waals surface area contributed by atoms with Gasteiger partial charge in [-0.1, -0.05) is 73.7 Å². The first-order chi connectivity index (χ1) is 16.0. The number of rotatable bonds is 6. The van der Waals surface area contributed by atoms with Crippen LogP contribution in [-0.4, -0.2) is 5.97 Å². The van der Waals surface area contributed by atoms with E-state index in [4.69, 9.17) is 10.00 Å². The molecule has 0 aliphatic rings. The molecule has 4 rings (SSSR count). The lowest BCUT2D eigenvalue weighted by Crippen LogP contribution is -2.08. The predicted molar refractivity (Wildman–Crippen MR) is 127 cm³/mol. The monoisotopic (exact) mass is 435 g/mol. The second kappa shape index (κ2) is 9.93. The fraction of sp³-hybridized carbons (Fsp3) is 0.103. The highest BCUT2D eigenvalue weighted by Gasteiger charge is 2.12. The lowest BCUT2D eigenvalue weighted by molar-refractivity contribution is 0.0734. The van der Waals surface area contributed by atoms with E-state index in [1.165, 1.54) is 23.3 Å². The number of halogens is 1. The average Bonchev–Trinajstić information content (AvgIpc) is 2.85. The molecule has 162 valence electrons. The zero-order chi connectivity index (χ0) is 23.2. The molecular formula is C29H22FNO2. The van der Waals surface area contributed by atoms with Crippen LogP contribution < -0.4 is 4.74 Å². The third kappa shape index (κ3) is 5.34. The van der Waals surface area contributed by atoms with E-state index in [2.05, 4.69) is 55.5 Å². The second-order valence-electron chi connectivity index (χ2n) is 7.93. The topological polar surface area (TPSA) is 50.1 Å². The number of nitrogens with zero attached hydrogens (tertiary/aromatic N) is 1. The van der Waals surface area contributed by atoms with Crippen LogP contribution in [0.4, 0.5) is 4.39 Å². The molecule has 0 saturated heterocycles. The summed E-state index contributed by atoms with van der Waals surface area (Å²) in [7, 11) is 0. The zero-order valence-corrected chi connectivity index (χ0v) is 18.2. The molecule has 0 aliphatic heterocycles. The normalized spacial score (nSPS) is 11.4. The molecule has 4 heteroatoms. The fourth-order valence-corrected chi connectivity index (χ4v) is 3.70. The Morgan fingerprint density at radius 1 is 0.909 bits per heavy atom. The van der Waals surface area contributed by atoms with E-state index < -0.39 is 11.8 Å². The molecule has 3 nitrogen and oxygen atoms in total. The van der Waals surface area contributed by atoms with Crippen molar-refractivity contribution in [1.82, 2.24) is 0 Å². The van der Waals surface area contributed by atoms with Gasteiger partial charge >= 0.3 is 5.97 Å². The Kier molecular flexibility index (Phi) is 6.61. The largest absolute Gasteiger partial charge is 0.423 e. The molecule has 0 fully saturated rings. The Morgan fingerprint density at radius 2 is 1.55 bits per heavy atom. The van der Waals surface area contributed by atoms with Crippen LogP contribution in [0.25, 0.3) is 11.1 Å². The molecule has 0 amide bonds. The van der Waals surface area contributed by atoms with Gasteiger partial charge in [0.25, 0.3) is 0 Å². The smallest absolute Gasteiger partial charge is 0.343 e. The lowest BCUT2D eigenvalue weighted by atomic mass is 9.93. The van der Waals surface area contributed by atoms with Crippen molar-refractivity contribution < 1.29 is 13.9 Å². The van der Waals surface area contributed by atoms with Crippen LogP contribution in [0.15, 0.2) is 97.1 Å². The van der Waals surface area contributed by atoms with Gasteiger partial charge in [-0.05, 0) is 58.9 Å². The molecule has 0 aliphatic carbocycles. The number of carbonyl (C=O) groups is 1. The predicted octanol–water partition coefficient (Wildman–Crippen LogP) is 6.93. The van der Waals surface area contributed by atoms with E-state index in [0.717, 1.165) is 23.6 Å². The Bertz CT molecular complexity index is 1290. The third-order valence-electron chi connectivity index (χ3n) is 5.59. The Morgan fingerprint density at radius 3 is 2.15 bits per heavy atom. The highest BCUT2D eigenvalue weighted by atomic mass is 19.1. The molecule has 4 aromatic rings. The van der Waals surface area contributed by atoms with Gasteiger partial charge in [-0.25, -0.2) is 9.18 Å². The number of esters is 1. The van der Waals surface area contributed by atoms with Gasteiger partial charge in [0, 0.05) is 6.07 Å². The maximum Gasteiger partial charge on any atom is 0.343 e. The Hall–Kier alpha value is -4.23. The van der Waals surface area contributed by atoms with Crippen molar-refractivity contribution >= 4 is 5.97 Å². The van der Waals surface area contributed by atoms with Gasteiger partial charge in [0.1, 0.15) is 17.6 Å². The van der Waals surface area contributed by atoms with Gasteiger partial charge in [-0.2, -0.15) is 5.26 Å². The number of nitriles is 1. The summed E-state index contributed by atoms with van der Waals surface area (Å²) in [6, 6.07) is 31.4. The summed E-state index contributed by atoms with van der Waals surface area (Å²) in [5, 5.41) is 8.79. The Labute approximate surface area is 192 Å². The van der Waals surface area contributed by atoms with E-state index in [1.54, 1.807) is 18.2 Å². The molecule has 0 spiro atoms. The van der Waals surface area contributed by atoms with E-state index in [1.807, 2.05) is 18.2 Å². The van der Waals surface area contributed by atoms with E-state index in [0.29, 0.717) is 11.5 Å². The molecule has 0 aromatic heterocycles. The summed E-state index contributed by atoms with van der Waals surface area (Å²) in [6.07, 6.45) is 0.963. The molecule has 0 heterocycles. The first kappa shape index (κ1) is 22.0. The summed E-state index contributed by atoms with van der Waals surface area (Å²) >= 11 is 0. The standard InChI is InChI=1S/C29H22FNO2/c1-20(22-5-3-2-4-6-22)17-21-7-9-23(10-8-21)24-11-13-25(14-12-24)29(32)33-27-16-15-26(19-31)28(30)18-27/h2-16,18,20H,17H2,1H3/t20-/m1/s1. The first-order valence-corrected chi connectivity index (χ1v) is 10.7. The summed E-state index contributed by atoms with van der Waals surface area (Å²) in [4.78, 5) is 12.4. The van der Waals surface area contributed by atoms with Crippen LogP contribution in [0.2, 0.25) is 0 Å². The lowest BCUT2D eigenvalue weighted by Gasteiger charge is -2.12. The second-order valence-corrected chi connectivity index (χ2v) is 7.93. The molecule has 0 radical (unpaired) electrons. The molecule has 33 heavy (non-hydrogen) atoms. The molecule has 4 aromatic carbocycles. The van der Waals surface area contributed by atoms with Crippen LogP contribution in [0, 0.1) is 17.1 Å². The number of carbonyl (C=O) groups excluding carboxylic acids is 1. The summed E-state index contributed by atoms with van der Waals surface area (Å²) in [6.45, 7) is 2.23. The minimum atomic E-state index is -0.722. The van der Waals surface area contributed by atoms with Crippen molar-refractivity contribution in [2.75, 3.05) is 0 Å². The van der Waals surface area contributed by atoms with Gasteiger partial charge in [0.15, 0.2) is 0 Å². The van der Waals surface area contributed by atoms with Crippen molar-refractivity contribution in [3.63, 3.8) is 0 Å². The maximum atomic E-state index is 13.7. The molecule has 0 N–H and O–H groups in total. The summed E-state index contributed by atoms with van der Waals surface area (Å²) < 4.78 is 18.9. The zero-order valence-electron chi connectivity index (χ0n) is 18.2. The number of hydrogen-bond acceptors (Lipinski definition) is 3. The van der Waals surface area contributed by atoms with Crippen molar-refractivity contribution in [3.05, 3.63) is 125 Å². The van der Waals surface area contributed by atoms with E-state index >= 15 is 0 Å². The van der Waals surface area contributed by atoms with Crippen molar-refractivity contribution in [1.29, 1.82) is 5.26 Å². The molecule has 0 unspecified atom stereocenters. The Balaban J connectivity index is 1.41. The van der Waals surface area contributed by atoms with Crippen LogP contribution in [0.5, 0.6) is 5.75 Å². The van der Waals surface area contributed by atoms with Crippen LogP contribution in [-0.2, 0) is 6.42 Å². The van der Waals surface area contributed by atoms with Crippen LogP contribution >= 0.6 is 0 Å². The van der Waals surface area contributed by atoms with Gasteiger partial charge in [0.2, 0.25) is 0 Å². The van der Waals surface area contributed by atoms with Gasteiger partial charge in [-0.15, -0.1) is 0 Å². The first-order valence-electron chi connectivity index (χ1n) is 10.7. The van der Waals surface area contributed by atoms with Crippen molar-refractivity contribution in [2.24, 2.45) is 0 Å². The highest BCUT2D eigenvalue weighted by Crippen LogP contribution is 2.25.